The summed E-state index contributed by atoms with van der Waals surface area (Å²) in [6.45, 7) is 4.03. The molecule has 0 heterocycles. The molecule has 0 aliphatic heterocycles. The van der Waals surface area contributed by atoms with Gasteiger partial charge in [-0.1, -0.05) is 60.7 Å². The number of nitrogens with zero attached hydrogens (tertiary/aromatic N) is 1. The molecule has 3 rings (SSSR count). The second-order valence-electron chi connectivity index (χ2n) is 6.32. The van der Waals surface area contributed by atoms with Crippen molar-refractivity contribution in [2.45, 2.75) is 13.0 Å². The molecule has 0 spiro atoms. The van der Waals surface area contributed by atoms with E-state index in [0.29, 0.717) is 29.9 Å². The highest BCUT2D eigenvalue weighted by atomic mass is 16.5. The molecule has 0 saturated heterocycles. The number of phenols is 1. The molecule has 2 N–H and O–H groups in total. The van der Waals surface area contributed by atoms with Crippen LogP contribution in [0.25, 0.3) is 0 Å². The largest absolute Gasteiger partial charge is 0.507 e. The van der Waals surface area contributed by atoms with Gasteiger partial charge in [-0.3, -0.25) is 4.79 Å². The summed E-state index contributed by atoms with van der Waals surface area (Å²) < 4.78 is 5.81. The van der Waals surface area contributed by atoms with Gasteiger partial charge in [0.25, 0.3) is 5.91 Å². The Bertz CT molecular complexity index is 1010. The third-order valence-corrected chi connectivity index (χ3v) is 4.25. The molecule has 0 bridgehead atoms. The van der Waals surface area contributed by atoms with Gasteiger partial charge in [0.05, 0.1) is 11.8 Å². The SMILES string of the molecule is C=CCc1cccc(C=NNC(=O)c2ccccc2OCc2ccccc2)c1O. The Morgan fingerprint density at radius 3 is 2.59 bits per heavy atom. The number of para-hydroxylation sites is 2. The van der Waals surface area contributed by atoms with E-state index in [4.69, 9.17) is 4.74 Å². The van der Waals surface area contributed by atoms with Gasteiger partial charge in [0.15, 0.2) is 0 Å². The molecule has 3 aromatic rings. The van der Waals surface area contributed by atoms with Crippen LogP contribution in [0.15, 0.2) is 90.6 Å². The van der Waals surface area contributed by atoms with Crippen LogP contribution >= 0.6 is 0 Å². The van der Waals surface area contributed by atoms with E-state index in [-0.39, 0.29) is 5.75 Å². The molecule has 5 heteroatoms. The van der Waals surface area contributed by atoms with Crippen LogP contribution in [0.3, 0.4) is 0 Å². The van der Waals surface area contributed by atoms with Crippen molar-refractivity contribution in [1.82, 2.24) is 5.43 Å². The fourth-order valence-corrected chi connectivity index (χ4v) is 2.77. The molecule has 0 fully saturated rings. The minimum atomic E-state index is -0.397. The summed E-state index contributed by atoms with van der Waals surface area (Å²) in [6, 6.07) is 22.1. The van der Waals surface area contributed by atoms with Crippen molar-refractivity contribution < 1.29 is 14.6 Å². The monoisotopic (exact) mass is 386 g/mol. The van der Waals surface area contributed by atoms with Crippen LogP contribution < -0.4 is 10.2 Å². The Hall–Kier alpha value is -3.86. The highest BCUT2D eigenvalue weighted by Gasteiger charge is 2.12. The van der Waals surface area contributed by atoms with Crippen LogP contribution in [0.1, 0.15) is 27.0 Å². The molecule has 3 aromatic carbocycles. The number of carbonyl (C=O) groups is 1. The lowest BCUT2D eigenvalue weighted by Gasteiger charge is -2.10. The van der Waals surface area contributed by atoms with E-state index in [1.165, 1.54) is 6.21 Å². The van der Waals surface area contributed by atoms with Crippen molar-refractivity contribution in [1.29, 1.82) is 0 Å². The number of hydrogen-bond donors (Lipinski definition) is 2. The third-order valence-electron chi connectivity index (χ3n) is 4.25. The van der Waals surface area contributed by atoms with Crippen molar-refractivity contribution in [3.8, 4) is 11.5 Å². The standard InChI is InChI=1S/C24H22N2O3/c1-2-9-19-12-8-13-20(23(19)27)16-25-26-24(28)21-14-6-7-15-22(21)29-17-18-10-4-3-5-11-18/h2-8,10-16,27H,1,9,17H2,(H,26,28). The predicted octanol–water partition coefficient (Wildman–Crippen LogP) is 4.46. The van der Waals surface area contributed by atoms with Crippen LogP contribution in [0.5, 0.6) is 11.5 Å². The number of phenolic OH excluding ortho intramolecular Hbond substituents is 1. The number of benzene rings is 3. The molecule has 5 nitrogen and oxygen atoms in total. The molecule has 0 aromatic heterocycles. The van der Waals surface area contributed by atoms with Gasteiger partial charge in [0.1, 0.15) is 18.1 Å². The Balaban J connectivity index is 1.68. The van der Waals surface area contributed by atoms with E-state index in [1.54, 1.807) is 30.3 Å². The molecule has 0 unspecified atom stereocenters. The number of hydrogen-bond acceptors (Lipinski definition) is 4. The number of ether oxygens (including phenoxy) is 1. The first kappa shape index (κ1) is 19.9. The summed E-state index contributed by atoms with van der Waals surface area (Å²) in [6.07, 6.45) is 3.67. The summed E-state index contributed by atoms with van der Waals surface area (Å²) in [5.41, 5.74) is 5.13. The Labute approximate surface area is 170 Å². The number of aromatic hydroxyl groups is 1. The van der Waals surface area contributed by atoms with Crippen molar-refractivity contribution in [2.24, 2.45) is 5.10 Å². The summed E-state index contributed by atoms with van der Waals surface area (Å²) in [5, 5.41) is 14.2. The lowest BCUT2D eigenvalue weighted by Crippen LogP contribution is -2.18. The van der Waals surface area contributed by atoms with Gasteiger partial charge in [-0.15, -0.1) is 6.58 Å². The average Bonchev–Trinajstić information content (AvgIpc) is 2.76. The minimum absolute atomic E-state index is 0.122. The van der Waals surface area contributed by atoms with Crippen molar-refractivity contribution in [3.05, 3.63) is 108 Å². The van der Waals surface area contributed by atoms with Crippen molar-refractivity contribution in [3.63, 3.8) is 0 Å². The van der Waals surface area contributed by atoms with Gasteiger partial charge in [-0.25, -0.2) is 5.43 Å². The van der Waals surface area contributed by atoms with Crippen LogP contribution in [-0.4, -0.2) is 17.2 Å². The van der Waals surface area contributed by atoms with Gasteiger partial charge < -0.3 is 9.84 Å². The Morgan fingerprint density at radius 1 is 1.03 bits per heavy atom. The second kappa shape index (κ2) is 9.90. The topological polar surface area (TPSA) is 70.9 Å². The van der Waals surface area contributed by atoms with E-state index in [9.17, 15) is 9.90 Å². The molecular weight excluding hydrogens is 364 g/mol. The minimum Gasteiger partial charge on any atom is -0.507 e. The molecule has 146 valence electrons. The zero-order valence-electron chi connectivity index (χ0n) is 15.9. The molecule has 0 atom stereocenters. The highest BCUT2D eigenvalue weighted by molar-refractivity contribution is 5.97. The molecule has 29 heavy (non-hydrogen) atoms. The van der Waals surface area contributed by atoms with E-state index < -0.39 is 5.91 Å². The quantitative estimate of drug-likeness (QED) is 0.341. The molecule has 0 aliphatic carbocycles. The van der Waals surface area contributed by atoms with E-state index >= 15 is 0 Å². The van der Waals surface area contributed by atoms with Crippen LogP contribution in [0.2, 0.25) is 0 Å². The van der Waals surface area contributed by atoms with Crippen LogP contribution in [0.4, 0.5) is 0 Å². The van der Waals surface area contributed by atoms with Crippen LogP contribution in [-0.2, 0) is 13.0 Å². The molecule has 1 amide bonds. The van der Waals surface area contributed by atoms with Gasteiger partial charge in [-0.2, -0.15) is 5.10 Å². The van der Waals surface area contributed by atoms with Crippen molar-refractivity contribution >= 4 is 12.1 Å². The second-order valence-corrected chi connectivity index (χ2v) is 6.32. The number of allylic oxidation sites excluding steroid dienone is 1. The highest BCUT2D eigenvalue weighted by Crippen LogP contribution is 2.22. The van der Waals surface area contributed by atoms with E-state index in [0.717, 1.165) is 11.1 Å². The zero-order chi connectivity index (χ0) is 20.5. The lowest BCUT2D eigenvalue weighted by molar-refractivity contribution is 0.0950. The predicted molar refractivity (Wildman–Crippen MR) is 114 cm³/mol. The van der Waals surface area contributed by atoms with Gasteiger partial charge in [0, 0.05) is 5.56 Å². The summed E-state index contributed by atoms with van der Waals surface area (Å²) in [4.78, 5) is 12.5. The van der Waals surface area contributed by atoms with Crippen LogP contribution in [0, 0.1) is 0 Å². The van der Waals surface area contributed by atoms with Gasteiger partial charge in [0.2, 0.25) is 0 Å². The number of amides is 1. The molecule has 0 aliphatic rings. The van der Waals surface area contributed by atoms with Crippen molar-refractivity contribution in [2.75, 3.05) is 0 Å². The number of rotatable bonds is 8. The number of hydrazone groups is 1. The molecule has 0 saturated carbocycles. The van der Waals surface area contributed by atoms with Gasteiger partial charge >= 0.3 is 0 Å². The molecular formula is C24H22N2O3. The Kier molecular flexibility index (Phi) is 6.79. The van der Waals surface area contributed by atoms with E-state index in [1.807, 2.05) is 48.5 Å². The fraction of sp³-hybridized carbons (Fsp3) is 0.0833. The summed E-state index contributed by atoms with van der Waals surface area (Å²) in [7, 11) is 0. The maximum absolute atomic E-state index is 12.5. The smallest absolute Gasteiger partial charge is 0.275 e. The summed E-state index contributed by atoms with van der Waals surface area (Å²) in [5.74, 6) is 0.198. The van der Waals surface area contributed by atoms with Gasteiger partial charge in [-0.05, 0) is 35.7 Å². The molecule has 0 radical (unpaired) electrons. The Morgan fingerprint density at radius 2 is 1.79 bits per heavy atom. The normalized spacial score (nSPS) is 10.6. The first-order valence-electron chi connectivity index (χ1n) is 9.20. The van der Waals surface area contributed by atoms with E-state index in [2.05, 4.69) is 17.1 Å². The number of nitrogens with one attached hydrogen (secondary N) is 1. The fourth-order valence-electron chi connectivity index (χ4n) is 2.77. The lowest BCUT2D eigenvalue weighted by atomic mass is 10.1. The maximum Gasteiger partial charge on any atom is 0.275 e. The summed E-state index contributed by atoms with van der Waals surface area (Å²) >= 11 is 0. The number of carbonyl (C=O) groups excluding carboxylic acids is 1. The average molecular weight is 386 g/mol. The zero-order valence-corrected chi connectivity index (χ0v) is 15.9. The first-order valence-corrected chi connectivity index (χ1v) is 9.20. The third kappa shape index (κ3) is 5.32. The first-order chi connectivity index (χ1) is 14.2. The maximum atomic E-state index is 12.5.